The van der Waals surface area contributed by atoms with Gasteiger partial charge in [-0.25, -0.2) is 0 Å². The Labute approximate surface area is 146 Å². The van der Waals surface area contributed by atoms with E-state index in [1.165, 1.54) is 0 Å². The Balaban J connectivity index is 1.78. The lowest BCUT2D eigenvalue weighted by molar-refractivity contribution is -0.131. The number of amides is 1. The van der Waals surface area contributed by atoms with Gasteiger partial charge >= 0.3 is 0 Å². The molecule has 0 radical (unpaired) electrons. The van der Waals surface area contributed by atoms with Crippen LogP contribution in [-0.2, 0) is 17.8 Å². The third-order valence-electron chi connectivity index (χ3n) is 4.10. The molecule has 0 aliphatic heterocycles. The minimum Gasteiger partial charge on any atom is -0.464 e. The molecule has 3 aromatic rings. The largest absolute Gasteiger partial charge is 0.464 e. The van der Waals surface area contributed by atoms with Crippen LogP contribution in [0.2, 0.25) is 0 Å². The highest BCUT2D eigenvalue weighted by molar-refractivity contribution is 5.88. The Morgan fingerprint density at radius 1 is 1.36 bits per heavy atom. The fourth-order valence-electron chi connectivity index (χ4n) is 2.79. The first-order chi connectivity index (χ1) is 12.2. The maximum absolute atomic E-state index is 12.8. The SMILES string of the molecule is Cc1ccc2c(CC(=O)N(CCC#N)Cc3cccnc3)coc2c1. The molecule has 1 amide bonds. The molecule has 0 aliphatic carbocycles. The second-order valence-electron chi connectivity index (χ2n) is 6.02. The van der Waals surface area contributed by atoms with E-state index in [1.807, 2.05) is 37.3 Å². The van der Waals surface area contributed by atoms with Crippen LogP contribution < -0.4 is 0 Å². The smallest absolute Gasteiger partial charge is 0.227 e. The van der Waals surface area contributed by atoms with Crippen LogP contribution in [-0.4, -0.2) is 22.3 Å². The van der Waals surface area contributed by atoms with Crippen LogP contribution in [0.3, 0.4) is 0 Å². The van der Waals surface area contributed by atoms with E-state index < -0.39 is 0 Å². The summed E-state index contributed by atoms with van der Waals surface area (Å²) in [4.78, 5) is 18.6. The summed E-state index contributed by atoms with van der Waals surface area (Å²) in [7, 11) is 0. The maximum Gasteiger partial charge on any atom is 0.227 e. The summed E-state index contributed by atoms with van der Waals surface area (Å²) in [6.07, 6.45) is 5.64. The van der Waals surface area contributed by atoms with E-state index in [1.54, 1.807) is 23.6 Å². The summed E-state index contributed by atoms with van der Waals surface area (Å²) < 4.78 is 5.58. The van der Waals surface area contributed by atoms with Crippen LogP contribution in [0.1, 0.15) is 23.1 Å². The fraction of sp³-hybridized carbons (Fsp3) is 0.250. The van der Waals surface area contributed by atoms with Gasteiger partial charge in [0, 0.05) is 36.4 Å². The highest BCUT2D eigenvalue weighted by Crippen LogP contribution is 2.23. The quantitative estimate of drug-likeness (QED) is 0.691. The van der Waals surface area contributed by atoms with Gasteiger partial charge in [0.1, 0.15) is 5.58 Å². The molecule has 0 aliphatic rings. The Kier molecular flexibility index (Phi) is 5.10. The third-order valence-corrected chi connectivity index (χ3v) is 4.10. The van der Waals surface area contributed by atoms with Gasteiger partial charge in [0.2, 0.25) is 5.91 Å². The van der Waals surface area contributed by atoms with Crippen molar-refractivity contribution in [3.63, 3.8) is 0 Å². The molecule has 2 aromatic heterocycles. The molecule has 0 atom stereocenters. The van der Waals surface area contributed by atoms with Crippen molar-refractivity contribution in [2.75, 3.05) is 6.54 Å². The topological polar surface area (TPSA) is 70.1 Å². The summed E-state index contributed by atoms with van der Waals surface area (Å²) in [6, 6.07) is 11.8. The number of hydrogen-bond donors (Lipinski definition) is 0. The molecule has 0 unspecified atom stereocenters. The second-order valence-corrected chi connectivity index (χ2v) is 6.02. The predicted octanol–water partition coefficient (Wildman–Crippen LogP) is 3.62. The summed E-state index contributed by atoms with van der Waals surface area (Å²) in [5.41, 5.74) is 3.72. The average molecular weight is 333 g/mol. The predicted molar refractivity (Wildman–Crippen MR) is 94.5 cm³/mol. The lowest BCUT2D eigenvalue weighted by atomic mass is 10.1. The van der Waals surface area contributed by atoms with Crippen LogP contribution in [0.15, 0.2) is 53.4 Å². The highest BCUT2D eigenvalue weighted by Gasteiger charge is 2.17. The molecule has 0 N–H and O–H groups in total. The molecule has 2 heterocycles. The number of aryl methyl sites for hydroxylation is 1. The van der Waals surface area contributed by atoms with Crippen molar-refractivity contribution in [1.29, 1.82) is 5.26 Å². The number of hydrogen-bond acceptors (Lipinski definition) is 4. The summed E-state index contributed by atoms with van der Waals surface area (Å²) in [5.74, 6) is -0.0256. The lowest BCUT2D eigenvalue weighted by Gasteiger charge is -2.21. The van der Waals surface area contributed by atoms with E-state index in [4.69, 9.17) is 9.68 Å². The van der Waals surface area contributed by atoms with E-state index in [0.717, 1.165) is 27.7 Å². The summed E-state index contributed by atoms with van der Waals surface area (Å²) >= 11 is 0. The Bertz CT molecular complexity index is 910. The number of nitrogens with zero attached hydrogens (tertiary/aromatic N) is 3. The number of furan rings is 1. The van der Waals surface area contributed by atoms with Crippen molar-refractivity contribution in [2.24, 2.45) is 0 Å². The van der Waals surface area contributed by atoms with Crippen molar-refractivity contribution in [3.05, 3.63) is 65.7 Å². The molecule has 0 spiro atoms. The second kappa shape index (κ2) is 7.63. The lowest BCUT2D eigenvalue weighted by Crippen LogP contribution is -2.32. The van der Waals surface area contributed by atoms with Gasteiger partial charge in [-0.15, -0.1) is 0 Å². The molecule has 5 heteroatoms. The van der Waals surface area contributed by atoms with Gasteiger partial charge in [0.15, 0.2) is 0 Å². The van der Waals surface area contributed by atoms with Gasteiger partial charge in [-0.2, -0.15) is 5.26 Å². The van der Waals surface area contributed by atoms with Crippen molar-refractivity contribution in [1.82, 2.24) is 9.88 Å². The Hall–Kier alpha value is -3.13. The van der Waals surface area contributed by atoms with Crippen molar-refractivity contribution in [3.8, 4) is 6.07 Å². The molecule has 25 heavy (non-hydrogen) atoms. The van der Waals surface area contributed by atoms with E-state index in [0.29, 0.717) is 19.5 Å². The first kappa shape index (κ1) is 16.7. The highest BCUT2D eigenvalue weighted by atomic mass is 16.3. The zero-order valence-corrected chi connectivity index (χ0v) is 14.1. The average Bonchev–Trinajstić information content (AvgIpc) is 3.01. The van der Waals surface area contributed by atoms with E-state index >= 15 is 0 Å². The van der Waals surface area contributed by atoms with Gasteiger partial charge < -0.3 is 9.32 Å². The monoisotopic (exact) mass is 333 g/mol. The van der Waals surface area contributed by atoms with E-state index in [2.05, 4.69) is 11.1 Å². The van der Waals surface area contributed by atoms with Crippen LogP contribution in [0.25, 0.3) is 11.0 Å². The van der Waals surface area contributed by atoms with Crippen molar-refractivity contribution >= 4 is 16.9 Å². The number of benzene rings is 1. The molecular formula is C20H19N3O2. The van der Waals surface area contributed by atoms with Gasteiger partial charge in [-0.3, -0.25) is 9.78 Å². The molecular weight excluding hydrogens is 314 g/mol. The molecule has 5 nitrogen and oxygen atoms in total. The standard InChI is InChI=1S/C20H19N3O2/c1-15-5-6-18-17(14-25-19(18)10-15)11-20(24)23(9-3-7-21)13-16-4-2-8-22-12-16/h2,4-6,8,10,12,14H,3,9,11,13H2,1H3. The van der Waals surface area contributed by atoms with Crippen LogP contribution in [0, 0.1) is 18.3 Å². The number of nitriles is 1. The Morgan fingerprint density at radius 2 is 2.24 bits per heavy atom. The van der Waals surface area contributed by atoms with Gasteiger partial charge in [0.25, 0.3) is 0 Å². The summed E-state index contributed by atoms with van der Waals surface area (Å²) in [5, 5.41) is 9.83. The first-order valence-corrected chi connectivity index (χ1v) is 8.17. The number of fused-ring (bicyclic) bond motifs is 1. The zero-order valence-electron chi connectivity index (χ0n) is 14.1. The first-order valence-electron chi connectivity index (χ1n) is 8.17. The maximum atomic E-state index is 12.8. The molecule has 0 bridgehead atoms. The normalized spacial score (nSPS) is 10.6. The minimum atomic E-state index is -0.0256. The van der Waals surface area contributed by atoms with Crippen molar-refractivity contribution < 1.29 is 9.21 Å². The van der Waals surface area contributed by atoms with Crippen LogP contribution in [0.5, 0.6) is 0 Å². The number of carbonyl (C=O) groups is 1. The molecule has 0 fully saturated rings. The van der Waals surface area contributed by atoms with Gasteiger partial charge in [-0.1, -0.05) is 18.2 Å². The van der Waals surface area contributed by atoms with Crippen LogP contribution in [0.4, 0.5) is 0 Å². The van der Waals surface area contributed by atoms with Crippen molar-refractivity contribution in [2.45, 2.75) is 26.3 Å². The zero-order chi connectivity index (χ0) is 17.6. The number of pyridine rings is 1. The molecule has 0 saturated carbocycles. The molecule has 0 saturated heterocycles. The van der Waals surface area contributed by atoms with Gasteiger partial charge in [0.05, 0.1) is 25.2 Å². The minimum absolute atomic E-state index is 0.0256. The molecule has 126 valence electrons. The van der Waals surface area contributed by atoms with Gasteiger partial charge in [-0.05, 0) is 30.2 Å². The number of carbonyl (C=O) groups excluding carboxylic acids is 1. The fourth-order valence-corrected chi connectivity index (χ4v) is 2.79. The van der Waals surface area contributed by atoms with E-state index in [-0.39, 0.29) is 12.3 Å². The number of rotatable bonds is 6. The molecule has 1 aromatic carbocycles. The number of aromatic nitrogens is 1. The van der Waals surface area contributed by atoms with E-state index in [9.17, 15) is 4.79 Å². The summed E-state index contributed by atoms with van der Waals surface area (Å²) in [6.45, 7) is 2.85. The Morgan fingerprint density at radius 3 is 3.00 bits per heavy atom. The third kappa shape index (κ3) is 4.04. The van der Waals surface area contributed by atoms with Crippen LogP contribution >= 0.6 is 0 Å². The molecule has 3 rings (SSSR count).